The second-order valence-corrected chi connectivity index (χ2v) is 3.23. The first-order chi connectivity index (χ1) is 6.29. The van der Waals surface area contributed by atoms with E-state index in [1.54, 1.807) is 0 Å². The van der Waals surface area contributed by atoms with Gasteiger partial charge in [0, 0.05) is 20.1 Å². The van der Waals surface area contributed by atoms with Crippen LogP contribution in [0.25, 0.3) is 0 Å². The smallest absolute Gasteiger partial charge is 0.143 e. The third-order valence-electron chi connectivity index (χ3n) is 1.85. The Hall–Kier alpha value is -0.420. The maximum absolute atomic E-state index is 5.24. The maximum atomic E-state index is 5.24. The molecule has 0 aliphatic rings. The summed E-state index contributed by atoms with van der Waals surface area (Å²) in [6, 6.07) is 0. The highest BCUT2D eigenvalue weighted by Gasteiger charge is 2.06. The summed E-state index contributed by atoms with van der Waals surface area (Å²) in [6.45, 7) is 3.45. The van der Waals surface area contributed by atoms with Crippen LogP contribution in [0.3, 0.4) is 0 Å². The zero-order valence-electron chi connectivity index (χ0n) is 7.96. The Bertz CT molecular complexity index is 262. The quantitative estimate of drug-likeness (QED) is 0.582. The number of nitrogens with zero attached hydrogens (tertiary/aromatic N) is 3. The zero-order valence-corrected chi connectivity index (χ0v) is 9.54. The summed E-state index contributed by atoms with van der Waals surface area (Å²) in [6.07, 6.45) is 0.824. The minimum absolute atomic E-state index is 0.713. The van der Waals surface area contributed by atoms with Gasteiger partial charge >= 0.3 is 0 Å². The van der Waals surface area contributed by atoms with Crippen LogP contribution in [0.5, 0.6) is 0 Å². The van der Waals surface area contributed by atoms with Crippen LogP contribution in [0, 0.1) is 0 Å². The number of hydrogen-bond acceptors (Lipinski definition) is 3. The fourth-order valence-electron chi connectivity index (χ4n) is 1.04. The molecule has 0 bridgehead atoms. The molecule has 74 valence electrons. The molecule has 1 aromatic rings. The number of ether oxygens (including phenoxy) is 1. The van der Waals surface area contributed by atoms with E-state index in [-0.39, 0.29) is 0 Å². The fourth-order valence-corrected chi connectivity index (χ4v) is 1.53. The van der Waals surface area contributed by atoms with Gasteiger partial charge in [-0.05, 0) is 6.92 Å². The van der Waals surface area contributed by atoms with Crippen molar-refractivity contribution >= 4 is 15.9 Å². The number of rotatable bonds is 5. The van der Waals surface area contributed by atoms with Gasteiger partial charge in [0.05, 0.1) is 11.9 Å². The van der Waals surface area contributed by atoms with E-state index in [4.69, 9.17) is 4.74 Å². The number of alkyl halides is 1. The number of aromatic nitrogens is 3. The van der Waals surface area contributed by atoms with Crippen LogP contribution in [-0.2, 0) is 23.5 Å². The van der Waals surface area contributed by atoms with Crippen molar-refractivity contribution in [3.63, 3.8) is 0 Å². The van der Waals surface area contributed by atoms with Crippen molar-refractivity contribution in [1.29, 1.82) is 0 Å². The molecule has 0 N–H and O–H groups in total. The van der Waals surface area contributed by atoms with Gasteiger partial charge in [0.2, 0.25) is 0 Å². The van der Waals surface area contributed by atoms with E-state index in [2.05, 4.69) is 26.1 Å². The van der Waals surface area contributed by atoms with Gasteiger partial charge in [0.15, 0.2) is 0 Å². The summed E-state index contributed by atoms with van der Waals surface area (Å²) in [5.41, 5.74) is 0. The highest BCUT2D eigenvalue weighted by molar-refractivity contribution is 9.08. The first-order valence-corrected chi connectivity index (χ1v) is 5.42. The van der Waals surface area contributed by atoms with Crippen molar-refractivity contribution in [2.45, 2.75) is 18.7 Å². The van der Waals surface area contributed by atoms with E-state index >= 15 is 0 Å². The van der Waals surface area contributed by atoms with Crippen molar-refractivity contribution < 1.29 is 4.74 Å². The lowest BCUT2D eigenvalue weighted by Gasteiger charge is -2.01. The standard InChI is InChI=1S/C8H14BrN3O/c1-3-13-5-4-7-10-11-8(6-9)12(7)2/h3-6H2,1-2H3. The molecule has 13 heavy (non-hydrogen) atoms. The van der Waals surface area contributed by atoms with E-state index in [1.807, 2.05) is 18.5 Å². The van der Waals surface area contributed by atoms with Crippen molar-refractivity contribution in [2.75, 3.05) is 13.2 Å². The Morgan fingerprint density at radius 3 is 2.62 bits per heavy atom. The Morgan fingerprint density at radius 2 is 2.08 bits per heavy atom. The predicted octanol–water partition coefficient (Wildman–Crippen LogP) is 1.29. The maximum Gasteiger partial charge on any atom is 0.143 e. The molecule has 0 radical (unpaired) electrons. The average Bonchev–Trinajstić information content (AvgIpc) is 2.48. The molecule has 0 saturated carbocycles. The third-order valence-corrected chi connectivity index (χ3v) is 2.35. The molecule has 0 atom stereocenters. The molecule has 0 aliphatic heterocycles. The van der Waals surface area contributed by atoms with Gasteiger partial charge in [0.1, 0.15) is 11.6 Å². The predicted molar refractivity (Wildman–Crippen MR) is 53.8 cm³/mol. The van der Waals surface area contributed by atoms with E-state index < -0.39 is 0 Å². The molecule has 0 aromatic carbocycles. The minimum Gasteiger partial charge on any atom is -0.381 e. The van der Waals surface area contributed by atoms with Gasteiger partial charge in [-0.3, -0.25) is 0 Å². The summed E-state index contributed by atoms with van der Waals surface area (Å²) < 4.78 is 7.24. The van der Waals surface area contributed by atoms with E-state index in [9.17, 15) is 0 Å². The van der Waals surface area contributed by atoms with E-state index in [0.29, 0.717) is 6.61 Å². The largest absolute Gasteiger partial charge is 0.381 e. The lowest BCUT2D eigenvalue weighted by Crippen LogP contribution is -2.05. The summed E-state index contributed by atoms with van der Waals surface area (Å²) in [5.74, 6) is 1.93. The summed E-state index contributed by atoms with van der Waals surface area (Å²) in [5, 5.41) is 8.83. The summed E-state index contributed by atoms with van der Waals surface area (Å²) in [4.78, 5) is 0. The Morgan fingerprint density at radius 1 is 1.38 bits per heavy atom. The second-order valence-electron chi connectivity index (χ2n) is 2.67. The normalized spacial score (nSPS) is 10.7. The van der Waals surface area contributed by atoms with Crippen LogP contribution in [0.1, 0.15) is 18.6 Å². The Labute approximate surface area is 86.4 Å². The topological polar surface area (TPSA) is 39.9 Å². The molecule has 0 aliphatic carbocycles. The van der Waals surface area contributed by atoms with Gasteiger partial charge in [-0.25, -0.2) is 0 Å². The first kappa shape index (κ1) is 10.7. The monoisotopic (exact) mass is 247 g/mol. The lowest BCUT2D eigenvalue weighted by atomic mass is 10.4. The van der Waals surface area contributed by atoms with Crippen LogP contribution >= 0.6 is 15.9 Å². The molecule has 0 amide bonds. The molecule has 1 heterocycles. The van der Waals surface area contributed by atoms with Gasteiger partial charge in [-0.2, -0.15) is 0 Å². The first-order valence-electron chi connectivity index (χ1n) is 4.30. The van der Waals surface area contributed by atoms with Gasteiger partial charge in [0.25, 0.3) is 0 Å². The van der Waals surface area contributed by atoms with Crippen molar-refractivity contribution in [2.24, 2.45) is 7.05 Å². The zero-order chi connectivity index (χ0) is 9.68. The van der Waals surface area contributed by atoms with Crippen molar-refractivity contribution in [3.8, 4) is 0 Å². The van der Waals surface area contributed by atoms with Crippen LogP contribution in [0.15, 0.2) is 0 Å². The fraction of sp³-hybridized carbons (Fsp3) is 0.750. The van der Waals surface area contributed by atoms with Gasteiger partial charge < -0.3 is 9.30 Å². The molecular weight excluding hydrogens is 234 g/mol. The molecule has 0 spiro atoms. The molecule has 1 rings (SSSR count). The third kappa shape index (κ3) is 2.77. The molecule has 5 heteroatoms. The van der Waals surface area contributed by atoms with Crippen LogP contribution in [-0.4, -0.2) is 28.0 Å². The van der Waals surface area contributed by atoms with E-state index in [0.717, 1.165) is 30.0 Å². The molecule has 0 fully saturated rings. The SMILES string of the molecule is CCOCCc1nnc(CBr)n1C. The van der Waals surface area contributed by atoms with Crippen LogP contribution in [0.4, 0.5) is 0 Å². The molecule has 0 unspecified atom stereocenters. The summed E-state index contributed by atoms with van der Waals surface area (Å²) in [7, 11) is 1.97. The molecular formula is C8H14BrN3O. The second kappa shape index (κ2) is 5.34. The molecule has 1 aromatic heterocycles. The average molecular weight is 248 g/mol. The highest BCUT2D eigenvalue weighted by atomic mass is 79.9. The van der Waals surface area contributed by atoms with Crippen molar-refractivity contribution in [1.82, 2.24) is 14.8 Å². The van der Waals surface area contributed by atoms with Gasteiger partial charge in [-0.1, -0.05) is 15.9 Å². The Balaban J connectivity index is 2.51. The molecule has 4 nitrogen and oxygen atoms in total. The van der Waals surface area contributed by atoms with Crippen LogP contribution in [0.2, 0.25) is 0 Å². The van der Waals surface area contributed by atoms with E-state index in [1.165, 1.54) is 0 Å². The minimum atomic E-state index is 0.713. The highest BCUT2D eigenvalue weighted by Crippen LogP contribution is 2.04. The molecule has 0 saturated heterocycles. The lowest BCUT2D eigenvalue weighted by molar-refractivity contribution is 0.149. The number of hydrogen-bond donors (Lipinski definition) is 0. The summed E-state index contributed by atoms with van der Waals surface area (Å²) >= 11 is 3.35. The Kier molecular flexibility index (Phi) is 4.38. The van der Waals surface area contributed by atoms with Crippen molar-refractivity contribution in [3.05, 3.63) is 11.6 Å². The number of halogens is 1. The van der Waals surface area contributed by atoms with Crippen LogP contribution < -0.4 is 0 Å². The van der Waals surface area contributed by atoms with Gasteiger partial charge in [-0.15, -0.1) is 10.2 Å².